The van der Waals surface area contributed by atoms with Crippen molar-refractivity contribution in [3.63, 3.8) is 0 Å². The Labute approximate surface area is 211 Å². The third-order valence-corrected chi connectivity index (χ3v) is 9.69. The Morgan fingerprint density at radius 3 is 2.81 bits per heavy atom. The van der Waals surface area contributed by atoms with Crippen molar-refractivity contribution in [3.8, 4) is 0 Å². The quantitative estimate of drug-likeness (QED) is 0.589. The summed E-state index contributed by atoms with van der Waals surface area (Å²) in [4.78, 5) is 18.7. The van der Waals surface area contributed by atoms with Crippen LogP contribution in [0.25, 0.3) is 0 Å². The van der Waals surface area contributed by atoms with Gasteiger partial charge < -0.3 is 14.4 Å². The topological polar surface area (TPSA) is 42.0 Å². The highest BCUT2D eigenvalue weighted by Gasteiger charge is 2.60. The smallest absolute Gasteiger partial charge is 0.379 e. The maximum atomic E-state index is 14.3. The lowest BCUT2D eigenvalue weighted by atomic mass is 9.77. The van der Waals surface area contributed by atoms with Gasteiger partial charge in [0.05, 0.1) is 23.7 Å². The Morgan fingerprint density at radius 2 is 2.06 bits per heavy atom. The summed E-state index contributed by atoms with van der Waals surface area (Å²) in [7, 11) is 1.76. The van der Waals surface area contributed by atoms with E-state index < -0.39 is 17.2 Å². The highest BCUT2D eigenvalue weighted by atomic mass is 19.4. The van der Waals surface area contributed by atoms with Crippen LogP contribution < -0.4 is 0 Å². The first-order valence-electron chi connectivity index (χ1n) is 13.6. The Kier molecular flexibility index (Phi) is 6.36. The molecule has 5 nitrogen and oxygen atoms in total. The molecule has 0 spiro atoms. The Hall–Kier alpha value is -1.64. The zero-order chi connectivity index (χ0) is 25.1. The molecule has 36 heavy (non-hydrogen) atoms. The number of amides is 1. The molecule has 0 bridgehead atoms. The summed E-state index contributed by atoms with van der Waals surface area (Å²) in [6.07, 6.45) is 2.82. The maximum Gasteiger partial charge on any atom is 0.416 e. The molecule has 6 rings (SSSR count). The van der Waals surface area contributed by atoms with Crippen LogP contribution in [0.2, 0.25) is 0 Å². The fraction of sp³-hybridized carbons (Fsp3) is 0.750. The van der Waals surface area contributed by atoms with E-state index in [2.05, 4.69) is 4.90 Å². The van der Waals surface area contributed by atoms with Crippen LogP contribution in [0.1, 0.15) is 55.2 Å². The van der Waals surface area contributed by atoms with Gasteiger partial charge in [-0.15, -0.1) is 0 Å². The Morgan fingerprint density at radius 1 is 1.22 bits per heavy atom. The number of methoxy groups -OCH3 is 1. The van der Waals surface area contributed by atoms with E-state index in [4.69, 9.17) is 9.47 Å². The third-order valence-electron chi connectivity index (χ3n) is 9.69. The monoisotopic (exact) mass is 506 g/mol. The van der Waals surface area contributed by atoms with E-state index in [9.17, 15) is 18.0 Å². The lowest BCUT2D eigenvalue weighted by molar-refractivity contribution is -0.144. The van der Waals surface area contributed by atoms with Crippen LogP contribution in [0.15, 0.2) is 18.2 Å². The van der Waals surface area contributed by atoms with Gasteiger partial charge in [-0.25, -0.2) is 0 Å². The molecule has 5 atom stereocenters. The lowest BCUT2D eigenvalue weighted by Crippen LogP contribution is -2.48. The molecule has 3 heterocycles. The third kappa shape index (κ3) is 4.47. The second-order valence-electron chi connectivity index (χ2n) is 11.9. The summed E-state index contributed by atoms with van der Waals surface area (Å²) in [5.74, 6) is 1.45. The first kappa shape index (κ1) is 24.7. The molecule has 4 fully saturated rings. The van der Waals surface area contributed by atoms with Crippen molar-refractivity contribution in [3.05, 3.63) is 34.9 Å². The van der Waals surface area contributed by atoms with Crippen LogP contribution in [-0.4, -0.2) is 67.8 Å². The first-order chi connectivity index (χ1) is 17.3. The van der Waals surface area contributed by atoms with Crippen molar-refractivity contribution in [2.75, 3.05) is 40.0 Å². The van der Waals surface area contributed by atoms with Gasteiger partial charge in [-0.1, -0.05) is 6.07 Å². The number of carbonyl (C=O) groups is 1. The van der Waals surface area contributed by atoms with Crippen molar-refractivity contribution in [1.82, 2.24) is 9.80 Å². The number of rotatable bonds is 5. The number of halogens is 3. The van der Waals surface area contributed by atoms with Crippen LogP contribution in [0.5, 0.6) is 0 Å². The standard InChI is InChI=1S/C28H37F3N2O3/c1-35-25-16-36-9-7-20(25)10-18-11-23-15-33(24-4-5-24)17-27(23,13-18)26(34)32-8-6-19-2-3-22(28(29,30)31)12-21(19)14-32/h2-3,12,18,20,23-25H,4-11,13-17H2,1H3/t18-,20?,23+,25?,27+/m1/s1. The molecule has 1 amide bonds. The van der Waals surface area contributed by atoms with Gasteiger partial charge >= 0.3 is 6.18 Å². The predicted octanol–water partition coefficient (Wildman–Crippen LogP) is 4.52. The minimum atomic E-state index is -4.37. The molecule has 2 saturated carbocycles. The summed E-state index contributed by atoms with van der Waals surface area (Å²) in [5, 5.41) is 0. The van der Waals surface area contributed by atoms with Crippen LogP contribution in [-0.2, 0) is 33.4 Å². The van der Waals surface area contributed by atoms with E-state index in [1.165, 1.54) is 25.0 Å². The van der Waals surface area contributed by atoms with Gasteiger partial charge in [0.15, 0.2) is 0 Å². The summed E-state index contributed by atoms with van der Waals surface area (Å²) < 4.78 is 51.4. The highest BCUT2D eigenvalue weighted by Crippen LogP contribution is 2.56. The average Bonchev–Trinajstić information content (AvgIpc) is 3.57. The molecule has 198 valence electrons. The summed E-state index contributed by atoms with van der Waals surface area (Å²) in [6.45, 7) is 4.08. The van der Waals surface area contributed by atoms with Gasteiger partial charge in [-0.2, -0.15) is 13.2 Å². The molecule has 0 aromatic heterocycles. The van der Waals surface area contributed by atoms with Crippen LogP contribution in [0.4, 0.5) is 13.2 Å². The van der Waals surface area contributed by atoms with Crippen molar-refractivity contribution in [1.29, 1.82) is 0 Å². The number of nitrogens with zero attached hydrogens (tertiary/aromatic N) is 2. The van der Waals surface area contributed by atoms with Gasteiger partial charge in [0.1, 0.15) is 0 Å². The van der Waals surface area contributed by atoms with Crippen LogP contribution in [0, 0.1) is 23.2 Å². The first-order valence-corrected chi connectivity index (χ1v) is 13.6. The molecule has 3 aliphatic heterocycles. The van der Waals surface area contributed by atoms with E-state index in [1.54, 1.807) is 13.2 Å². The van der Waals surface area contributed by atoms with Crippen LogP contribution in [0.3, 0.4) is 0 Å². The van der Waals surface area contributed by atoms with Crippen LogP contribution >= 0.6 is 0 Å². The van der Waals surface area contributed by atoms with E-state index in [1.807, 2.05) is 4.90 Å². The maximum absolute atomic E-state index is 14.3. The van der Waals surface area contributed by atoms with Crippen molar-refractivity contribution in [2.45, 2.75) is 69.8 Å². The number of benzene rings is 1. The van der Waals surface area contributed by atoms with Crippen molar-refractivity contribution >= 4 is 5.91 Å². The van der Waals surface area contributed by atoms with Crippen molar-refractivity contribution < 1.29 is 27.4 Å². The fourth-order valence-corrected chi connectivity index (χ4v) is 7.71. The number of hydrogen-bond donors (Lipinski definition) is 0. The van der Waals surface area contributed by atoms with Gasteiger partial charge in [0.25, 0.3) is 0 Å². The largest absolute Gasteiger partial charge is 0.416 e. The minimum Gasteiger partial charge on any atom is -0.379 e. The summed E-state index contributed by atoms with van der Waals surface area (Å²) in [5.41, 5.74) is 0.549. The molecular formula is C28H37F3N2O3. The fourth-order valence-electron chi connectivity index (χ4n) is 7.71. The molecule has 2 saturated heterocycles. The van der Waals surface area contributed by atoms with Gasteiger partial charge in [-0.05, 0) is 86.0 Å². The highest BCUT2D eigenvalue weighted by molar-refractivity contribution is 5.84. The van der Waals surface area contributed by atoms with Gasteiger partial charge in [0.2, 0.25) is 5.91 Å². The van der Waals surface area contributed by atoms with E-state index in [-0.39, 0.29) is 18.6 Å². The lowest BCUT2D eigenvalue weighted by Gasteiger charge is -2.38. The second kappa shape index (κ2) is 9.28. The van der Waals surface area contributed by atoms with Gasteiger partial charge in [-0.3, -0.25) is 9.69 Å². The molecular weight excluding hydrogens is 469 g/mol. The minimum absolute atomic E-state index is 0.121. The molecule has 8 heteroatoms. The molecule has 2 unspecified atom stereocenters. The van der Waals surface area contributed by atoms with E-state index in [0.29, 0.717) is 48.9 Å². The average molecular weight is 507 g/mol. The second-order valence-corrected chi connectivity index (χ2v) is 11.9. The molecule has 0 radical (unpaired) electrons. The van der Waals surface area contributed by atoms with Gasteiger partial charge in [0, 0.05) is 45.9 Å². The number of carbonyl (C=O) groups excluding carboxylic acids is 1. The number of alkyl halides is 3. The molecule has 1 aromatic rings. The Balaban J connectivity index is 1.21. The van der Waals surface area contributed by atoms with Crippen molar-refractivity contribution in [2.24, 2.45) is 23.2 Å². The zero-order valence-electron chi connectivity index (χ0n) is 21.1. The molecule has 2 aliphatic carbocycles. The molecule has 5 aliphatic rings. The predicted molar refractivity (Wildman–Crippen MR) is 128 cm³/mol. The zero-order valence-corrected chi connectivity index (χ0v) is 21.1. The SMILES string of the molecule is COC1COCCC1C[C@@H]1C[C@H]2CN(C3CC3)C[C@@]2(C(=O)N2CCc3ccc(C(F)(F)F)cc3C2)C1. The molecule has 1 aromatic carbocycles. The number of fused-ring (bicyclic) bond motifs is 2. The number of hydrogen-bond acceptors (Lipinski definition) is 4. The Bertz CT molecular complexity index is 997. The molecule has 0 N–H and O–H groups in total. The summed E-state index contributed by atoms with van der Waals surface area (Å²) in [6, 6.07) is 4.63. The van der Waals surface area contributed by atoms with E-state index in [0.717, 1.165) is 50.9 Å². The normalized spacial score (nSPS) is 35.1. The summed E-state index contributed by atoms with van der Waals surface area (Å²) >= 11 is 0. The van der Waals surface area contributed by atoms with E-state index >= 15 is 0 Å². The number of ether oxygens (including phenoxy) is 2. The number of likely N-dealkylation sites (tertiary alicyclic amines) is 1.